The van der Waals surface area contributed by atoms with Crippen molar-refractivity contribution < 1.29 is 23.5 Å². The van der Waals surface area contributed by atoms with Gasteiger partial charge in [-0.15, -0.1) is 0 Å². The number of amides is 1. The van der Waals surface area contributed by atoms with Crippen molar-refractivity contribution in [2.75, 3.05) is 0 Å². The van der Waals surface area contributed by atoms with Crippen molar-refractivity contribution in [3.8, 4) is 11.3 Å². The molecule has 0 unspecified atom stereocenters. The lowest BCUT2D eigenvalue weighted by atomic mass is 10.1. The van der Waals surface area contributed by atoms with Gasteiger partial charge < -0.3 is 9.52 Å². The number of nitrogens with zero attached hydrogens (tertiary/aromatic N) is 1. The van der Waals surface area contributed by atoms with Gasteiger partial charge in [0.15, 0.2) is 0 Å². The number of aromatic carboxylic acids is 1. The van der Waals surface area contributed by atoms with Gasteiger partial charge in [-0.05, 0) is 48.0 Å². The maximum atomic E-state index is 13.1. The van der Waals surface area contributed by atoms with E-state index in [4.69, 9.17) is 28.2 Å². The van der Waals surface area contributed by atoms with Crippen LogP contribution in [-0.4, -0.2) is 26.2 Å². The Balaban J connectivity index is 1.55. The van der Waals surface area contributed by atoms with E-state index < -0.39 is 5.97 Å². The number of carbonyl (C=O) groups is 2. The zero-order valence-corrected chi connectivity index (χ0v) is 18.1. The van der Waals surface area contributed by atoms with Gasteiger partial charge in [0.05, 0.1) is 22.0 Å². The molecule has 9 heteroatoms. The monoisotopic (exact) mass is 473 g/mol. The number of carbonyl (C=O) groups excluding carboxylic acids is 1. The SMILES string of the molecule is O=C(O)c1cc(-c2ccc(/C=C3\SC(=S)N(Cc4ccc(F)cc4)C3=O)o2)ccc1Cl. The highest BCUT2D eigenvalue weighted by molar-refractivity contribution is 8.26. The van der Waals surface area contributed by atoms with Gasteiger partial charge in [-0.25, -0.2) is 9.18 Å². The van der Waals surface area contributed by atoms with Crippen LogP contribution in [0.2, 0.25) is 5.02 Å². The van der Waals surface area contributed by atoms with Crippen LogP contribution in [0, 0.1) is 5.82 Å². The van der Waals surface area contributed by atoms with Crippen LogP contribution in [-0.2, 0) is 11.3 Å². The second kappa shape index (κ2) is 8.66. The first-order chi connectivity index (χ1) is 14.8. The molecule has 4 rings (SSSR count). The summed E-state index contributed by atoms with van der Waals surface area (Å²) in [6.45, 7) is 0.244. The van der Waals surface area contributed by atoms with E-state index in [9.17, 15) is 19.1 Å². The molecule has 156 valence electrons. The number of hydrogen-bond acceptors (Lipinski definition) is 5. The third-order valence-corrected chi connectivity index (χ3v) is 6.22. The molecule has 0 radical (unpaired) electrons. The van der Waals surface area contributed by atoms with Gasteiger partial charge in [-0.2, -0.15) is 0 Å². The highest BCUT2D eigenvalue weighted by atomic mass is 35.5. The lowest BCUT2D eigenvalue weighted by Gasteiger charge is -2.14. The van der Waals surface area contributed by atoms with Crippen LogP contribution in [0.15, 0.2) is 63.9 Å². The minimum atomic E-state index is -1.14. The molecule has 1 saturated heterocycles. The Kier molecular flexibility index (Phi) is 5.95. The summed E-state index contributed by atoms with van der Waals surface area (Å²) in [6, 6.07) is 13.8. The third kappa shape index (κ3) is 4.56. The number of benzene rings is 2. The van der Waals surface area contributed by atoms with Gasteiger partial charge in [0.1, 0.15) is 21.7 Å². The molecule has 1 aliphatic rings. The summed E-state index contributed by atoms with van der Waals surface area (Å²) in [5.74, 6) is -0.893. The van der Waals surface area contributed by atoms with Crippen LogP contribution in [0.5, 0.6) is 0 Å². The van der Waals surface area contributed by atoms with Crippen molar-refractivity contribution in [2.45, 2.75) is 6.54 Å². The quantitative estimate of drug-likeness (QED) is 0.371. The number of rotatable bonds is 5. The molecule has 0 aliphatic carbocycles. The van der Waals surface area contributed by atoms with Gasteiger partial charge in [0.2, 0.25) is 0 Å². The van der Waals surface area contributed by atoms with Crippen LogP contribution in [0.1, 0.15) is 21.7 Å². The molecule has 2 heterocycles. The van der Waals surface area contributed by atoms with E-state index in [1.807, 2.05) is 0 Å². The standard InChI is InChI=1S/C22H13ClFNO4S2/c23-17-7-3-13(9-16(17)21(27)28)18-8-6-15(29-18)10-19-20(26)25(22(30)31-19)11-12-1-4-14(24)5-2-12/h1-10H,11H2,(H,27,28)/b19-10-. The molecule has 1 aliphatic heterocycles. The Morgan fingerprint density at radius 3 is 2.65 bits per heavy atom. The van der Waals surface area contributed by atoms with E-state index in [2.05, 4.69) is 0 Å². The number of hydrogen-bond donors (Lipinski definition) is 1. The number of halogens is 2. The molecule has 0 bridgehead atoms. The third-order valence-electron chi connectivity index (χ3n) is 4.51. The Hall–Kier alpha value is -2.94. The molecule has 5 nitrogen and oxygen atoms in total. The highest BCUT2D eigenvalue weighted by Gasteiger charge is 2.32. The summed E-state index contributed by atoms with van der Waals surface area (Å²) in [4.78, 5) is 25.9. The van der Waals surface area contributed by atoms with Gasteiger partial charge >= 0.3 is 5.97 Å². The van der Waals surface area contributed by atoms with Gasteiger partial charge in [-0.1, -0.05) is 47.7 Å². The molecule has 2 aromatic carbocycles. The molecule has 1 aromatic heterocycles. The van der Waals surface area contributed by atoms with Crippen LogP contribution < -0.4 is 0 Å². The maximum Gasteiger partial charge on any atom is 0.337 e. The zero-order chi connectivity index (χ0) is 22.1. The molecule has 0 spiro atoms. The first-order valence-electron chi connectivity index (χ1n) is 8.94. The first kappa shape index (κ1) is 21.3. The summed E-state index contributed by atoms with van der Waals surface area (Å²) in [6.07, 6.45) is 1.58. The fourth-order valence-electron chi connectivity index (χ4n) is 2.97. The van der Waals surface area contributed by atoms with E-state index in [-0.39, 0.29) is 28.9 Å². The van der Waals surface area contributed by atoms with Gasteiger partial charge in [0.25, 0.3) is 5.91 Å². The predicted molar refractivity (Wildman–Crippen MR) is 121 cm³/mol. The molecule has 0 saturated carbocycles. The Labute approximate surface area is 191 Å². The molecule has 0 atom stereocenters. The molecular weight excluding hydrogens is 461 g/mol. The van der Waals surface area contributed by atoms with Crippen molar-refractivity contribution in [3.05, 3.63) is 87.2 Å². The second-order valence-corrected chi connectivity index (χ2v) is 8.68. The summed E-state index contributed by atoms with van der Waals surface area (Å²) in [5, 5.41) is 9.36. The summed E-state index contributed by atoms with van der Waals surface area (Å²) in [7, 11) is 0. The average molecular weight is 474 g/mol. The smallest absolute Gasteiger partial charge is 0.337 e. The number of thiocarbonyl (C=S) groups is 1. The number of thioether (sulfide) groups is 1. The highest BCUT2D eigenvalue weighted by Crippen LogP contribution is 2.35. The van der Waals surface area contributed by atoms with E-state index >= 15 is 0 Å². The number of carboxylic acid groups (broad SMARTS) is 1. The first-order valence-corrected chi connectivity index (χ1v) is 10.5. The molecule has 1 N–H and O–H groups in total. The Morgan fingerprint density at radius 2 is 1.94 bits per heavy atom. The van der Waals surface area contributed by atoms with Crippen molar-refractivity contribution in [3.63, 3.8) is 0 Å². The van der Waals surface area contributed by atoms with Crippen molar-refractivity contribution in [2.24, 2.45) is 0 Å². The normalized spacial score (nSPS) is 15.2. The van der Waals surface area contributed by atoms with Crippen molar-refractivity contribution in [1.29, 1.82) is 0 Å². The maximum absolute atomic E-state index is 13.1. The summed E-state index contributed by atoms with van der Waals surface area (Å²) >= 11 is 12.4. The van der Waals surface area contributed by atoms with Crippen LogP contribution >= 0.6 is 35.6 Å². The van der Waals surface area contributed by atoms with E-state index in [0.29, 0.717) is 26.3 Å². The second-order valence-electron chi connectivity index (χ2n) is 6.60. The van der Waals surface area contributed by atoms with Crippen LogP contribution in [0.25, 0.3) is 17.4 Å². The lowest BCUT2D eigenvalue weighted by molar-refractivity contribution is -0.122. The van der Waals surface area contributed by atoms with E-state index in [1.165, 1.54) is 29.2 Å². The average Bonchev–Trinajstić information content (AvgIpc) is 3.30. The number of furan rings is 1. The van der Waals surface area contributed by atoms with Crippen LogP contribution in [0.3, 0.4) is 0 Å². The fraction of sp³-hybridized carbons (Fsp3) is 0.0455. The molecule has 31 heavy (non-hydrogen) atoms. The Morgan fingerprint density at radius 1 is 1.19 bits per heavy atom. The molecule has 1 fully saturated rings. The topological polar surface area (TPSA) is 70.8 Å². The minimum absolute atomic E-state index is 0.0289. The zero-order valence-electron chi connectivity index (χ0n) is 15.7. The largest absolute Gasteiger partial charge is 0.478 e. The number of carboxylic acids is 1. The van der Waals surface area contributed by atoms with E-state index in [1.54, 1.807) is 36.4 Å². The van der Waals surface area contributed by atoms with Crippen LogP contribution in [0.4, 0.5) is 4.39 Å². The molecule has 3 aromatic rings. The van der Waals surface area contributed by atoms with Crippen molar-refractivity contribution in [1.82, 2.24) is 4.90 Å². The predicted octanol–water partition coefficient (Wildman–Crippen LogP) is 5.84. The van der Waals surface area contributed by atoms with Gasteiger partial charge in [-0.3, -0.25) is 9.69 Å². The molecule has 1 amide bonds. The lowest BCUT2D eigenvalue weighted by Crippen LogP contribution is -2.27. The fourth-order valence-corrected chi connectivity index (χ4v) is 4.40. The minimum Gasteiger partial charge on any atom is -0.478 e. The summed E-state index contributed by atoms with van der Waals surface area (Å²) in [5.41, 5.74) is 1.28. The Bertz CT molecular complexity index is 1240. The summed E-state index contributed by atoms with van der Waals surface area (Å²) < 4.78 is 19.3. The van der Waals surface area contributed by atoms with Crippen molar-refractivity contribution >= 4 is 57.9 Å². The molecular formula is C22H13ClFNO4S2. The van der Waals surface area contributed by atoms with Gasteiger partial charge in [0, 0.05) is 11.6 Å². The van der Waals surface area contributed by atoms with E-state index in [0.717, 1.165) is 17.3 Å².